The average molecular weight is 301 g/mol. The second-order valence-electron chi connectivity index (χ2n) is 4.00. The van der Waals surface area contributed by atoms with Gasteiger partial charge in [0.15, 0.2) is 6.29 Å². The molecule has 1 aliphatic rings. The molecular weight excluding hydrogens is 284 g/mol. The molecule has 0 aliphatic carbocycles. The van der Waals surface area contributed by atoms with Gasteiger partial charge in [0.05, 0.1) is 19.8 Å². The van der Waals surface area contributed by atoms with Crippen molar-refractivity contribution in [2.45, 2.75) is 25.4 Å². The molecule has 2 unspecified atom stereocenters. The lowest BCUT2D eigenvalue weighted by atomic mass is 10.2. The maximum Gasteiger partial charge on any atom is 0.159 e. The zero-order valence-electron chi connectivity index (χ0n) is 9.68. The van der Waals surface area contributed by atoms with Crippen LogP contribution in [0.15, 0.2) is 30.3 Å². The Hall–Kier alpha value is -0.420. The molecule has 0 amide bonds. The first kappa shape index (κ1) is 13.0. The summed E-state index contributed by atoms with van der Waals surface area (Å²) in [5.41, 5.74) is 1.18. The maximum absolute atomic E-state index is 5.66. The Morgan fingerprint density at radius 3 is 2.88 bits per heavy atom. The van der Waals surface area contributed by atoms with Crippen molar-refractivity contribution in [3.63, 3.8) is 0 Å². The topological polar surface area (TPSA) is 27.7 Å². The van der Waals surface area contributed by atoms with Crippen LogP contribution in [0.3, 0.4) is 0 Å². The maximum atomic E-state index is 5.66. The molecule has 1 fully saturated rings. The number of hydrogen-bond acceptors (Lipinski definition) is 3. The molecule has 0 bridgehead atoms. The van der Waals surface area contributed by atoms with Crippen LogP contribution < -0.4 is 0 Å². The van der Waals surface area contributed by atoms with Gasteiger partial charge in [-0.2, -0.15) is 0 Å². The van der Waals surface area contributed by atoms with E-state index in [1.807, 2.05) is 18.2 Å². The average Bonchev–Trinajstić information content (AvgIpc) is 2.79. The summed E-state index contributed by atoms with van der Waals surface area (Å²) < 4.78 is 16.8. The van der Waals surface area contributed by atoms with Crippen molar-refractivity contribution in [3.8, 4) is 0 Å². The Balaban J connectivity index is 1.63. The normalized spacial score (nSPS) is 24.1. The molecule has 0 radical (unpaired) electrons. The molecule has 94 valence electrons. The van der Waals surface area contributed by atoms with E-state index in [1.165, 1.54) is 5.56 Å². The number of alkyl halides is 1. The Bertz CT molecular complexity index is 318. The van der Waals surface area contributed by atoms with Gasteiger partial charge in [0, 0.05) is 11.8 Å². The minimum atomic E-state index is -0.0697. The second kappa shape index (κ2) is 7.11. The molecule has 0 spiro atoms. The fourth-order valence-electron chi connectivity index (χ4n) is 1.72. The molecule has 0 aromatic heterocycles. The standard InChI is InChI=1S/C13H17BrO3/c14-7-6-13-16-10-12(17-13)9-15-8-11-4-2-1-3-5-11/h1-5,12-13H,6-10H2. The molecule has 1 aromatic carbocycles. The predicted octanol–water partition coefficient (Wildman–Crippen LogP) is 2.73. The number of halogens is 1. The molecule has 4 heteroatoms. The Kier molecular flexibility index (Phi) is 5.45. The van der Waals surface area contributed by atoms with Crippen molar-refractivity contribution in [1.29, 1.82) is 0 Å². The lowest BCUT2D eigenvalue weighted by Gasteiger charge is -2.10. The van der Waals surface area contributed by atoms with Crippen LogP contribution in [-0.2, 0) is 20.8 Å². The summed E-state index contributed by atoms with van der Waals surface area (Å²) in [6.07, 6.45) is 0.886. The van der Waals surface area contributed by atoms with Crippen LogP contribution in [0, 0.1) is 0 Å². The molecule has 2 atom stereocenters. The van der Waals surface area contributed by atoms with Crippen molar-refractivity contribution in [3.05, 3.63) is 35.9 Å². The van der Waals surface area contributed by atoms with E-state index in [4.69, 9.17) is 14.2 Å². The van der Waals surface area contributed by atoms with Gasteiger partial charge in [-0.25, -0.2) is 0 Å². The van der Waals surface area contributed by atoms with E-state index in [1.54, 1.807) is 0 Å². The molecule has 1 aromatic rings. The van der Waals surface area contributed by atoms with Crippen molar-refractivity contribution >= 4 is 15.9 Å². The smallest absolute Gasteiger partial charge is 0.159 e. The van der Waals surface area contributed by atoms with E-state index in [-0.39, 0.29) is 12.4 Å². The fourth-order valence-corrected chi connectivity index (χ4v) is 2.09. The van der Waals surface area contributed by atoms with Crippen LogP contribution in [-0.4, -0.2) is 30.9 Å². The van der Waals surface area contributed by atoms with E-state index in [2.05, 4.69) is 28.1 Å². The molecule has 1 heterocycles. The van der Waals surface area contributed by atoms with Gasteiger partial charge in [-0.05, 0) is 5.56 Å². The minimum Gasteiger partial charge on any atom is -0.374 e. The highest BCUT2D eigenvalue weighted by Gasteiger charge is 2.25. The zero-order valence-corrected chi connectivity index (χ0v) is 11.3. The number of benzene rings is 1. The van der Waals surface area contributed by atoms with Crippen molar-refractivity contribution in [2.24, 2.45) is 0 Å². The number of rotatable bonds is 6. The first-order valence-corrected chi connectivity index (χ1v) is 6.95. The van der Waals surface area contributed by atoms with Crippen LogP contribution in [0.4, 0.5) is 0 Å². The highest BCUT2D eigenvalue weighted by Crippen LogP contribution is 2.16. The summed E-state index contributed by atoms with van der Waals surface area (Å²) >= 11 is 3.37. The Morgan fingerprint density at radius 1 is 1.29 bits per heavy atom. The highest BCUT2D eigenvalue weighted by atomic mass is 79.9. The first-order valence-electron chi connectivity index (χ1n) is 5.83. The van der Waals surface area contributed by atoms with Gasteiger partial charge in [-0.15, -0.1) is 0 Å². The van der Waals surface area contributed by atoms with Crippen molar-refractivity contribution in [1.82, 2.24) is 0 Å². The van der Waals surface area contributed by atoms with Crippen LogP contribution in [0.5, 0.6) is 0 Å². The van der Waals surface area contributed by atoms with Crippen molar-refractivity contribution in [2.75, 3.05) is 18.5 Å². The predicted molar refractivity (Wildman–Crippen MR) is 69.1 cm³/mol. The van der Waals surface area contributed by atoms with Gasteiger partial charge in [0.2, 0.25) is 0 Å². The van der Waals surface area contributed by atoms with Gasteiger partial charge < -0.3 is 14.2 Å². The van der Waals surface area contributed by atoms with Gasteiger partial charge >= 0.3 is 0 Å². The monoisotopic (exact) mass is 300 g/mol. The molecule has 1 saturated heterocycles. The van der Waals surface area contributed by atoms with E-state index in [9.17, 15) is 0 Å². The lowest BCUT2D eigenvalue weighted by Crippen LogP contribution is -2.19. The van der Waals surface area contributed by atoms with Gasteiger partial charge in [0.25, 0.3) is 0 Å². The number of hydrogen-bond donors (Lipinski definition) is 0. The molecule has 0 saturated carbocycles. The molecule has 1 aliphatic heterocycles. The molecular formula is C13H17BrO3. The summed E-state index contributed by atoms with van der Waals surface area (Å²) in [4.78, 5) is 0. The quantitative estimate of drug-likeness (QED) is 0.756. The first-order chi connectivity index (χ1) is 8.38. The summed E-state index contributed by atoms with van der Waals surface area (Å²) in [5.74, 6) is 0. The summed E-state index contributed by atoms with van der Waals surface area (Å²) in [6, 6.07) is 10.1. The second-order valence-corrected chi connectivity index (χ2v) is 4.79. The van der Waals surface area contributed by atoms with Crippen LogP contribution in [0.2, 0.25) is 0 Å². The zero-order chi connectivity index (χ0) is 11.9. The third-order valence-corrected chi connectivity index (χ3v) is 3.03. The third-order valence-electron chi connectivity index (χ3n) is 2.57. The lowest BCUT2D eigenvalue weighted by molar-refractivity contribution is -0.0726. The largest absolute Gasteiger partial charge is 0.374 e. The fraction of sp³-hybridized carbons (Fsp3) is 0.538. The van der Waals surface area contributed by atoms with E-state index >= 15 is 0 Å². The number of ether oxygens (including phenoxy) is 3. The molecule has 2 rings (SSSR count). The Morgan fingerprint density at radius 2 is 2.12 bits per heavy atom. The van der Waals surface area contributed by atoms with Crippen LogP contribution >= 0.6 is 15.9 Å². The molecule has 3 nitrogen and oxygen atoms in total. The highest BCUT2D eigenvalue weighted by molar-refractivity contribution is 9.09. The van der Waals surface area contributed by atoms with E-state index < -0.39 is 0 Å². The third kappa shape index (κ3) is 4.39. The van der Waals surface area contributed by atoms with Crippen LogP contribution in [0.25, 0.3) is 0 Å². The molecule has 0 N–H and O–H groups in total. The molecule has 17 heavy (non-hydrogen) atoms. The van der Waals surface area contributed by atoms with Gasteiger partial charge in [-0.3, -0.25) is 0 Å². The van der Waals surface area contributed by atoms with E-state index in [0.717, 1.165) is 11.8 Å². The van der Waals surface area contributed by atoms with Gasteiger partial charge in [-0.1, -0.05) is 46.3 Å². The summed E-state index contributed by atoms with van der Waals surface area (Å²) in [6.45, 7) is 1.85. The van der Waals surface area contributed by atoms with Gasteiger partial charge in [0.1, 0.15) is 6.10 Å². The summed E-state index contributed by atoms with van der Waals surface area (Å²) in [5, 5.41) is 0.898. The Labute approximate surface area is 110 Å². The minimum absolute atomic E-state index is 0.0697. The SMILES string of the molecule is BrCCC1OCC(COCc2ccccc2)O1. The summed E-state index contributed by atoms with van der Waals surface area (Å²) in [7, 11) is 0. The van der Waals surface area contributed by atoms with Crippen molar-refractivity contribution < 1.29 is 14.2 Å². The van der Waals surface area contributed by atoms with E-state index in [0.29, 0.717) is 19.8 Å². The van der Waals surface area contributed by atoms with Crippen LogP contribution in [0.1, 0.15) is 12.0 Å².